The van der Waals surface area contributed by atoms with Crippen LogP contribution in [0.15, 0.2) is 97.5 Å². The lowest BCUT2D eigenvalue weighted by Crippen LogP contribution is -2.66. The van der Waals surface area contributed by atoms with E-state index < -0.39 is 156 Å². The number of rotatable bonds is 43. The first-order valence-electron chi connectivity index (χ1n) is 36.3. The molecule has 2 aromatic heterocycles. The summed E-state index contributed by atoms with van der Waals surface area (Å²) >= 11 is 0. The second-order valence-electron chi connectivity index (χ2n) is 27.7. The third-order valence-electron chi connectivity index (χ3n) is 18.6. The molecule has 34 heteroatoms. The summed E-state index contributed by atoms with van der Waals surface area (Å²) in [5, 5.41) is 67.8. The Hall–Kier alpha value is -11.1. The number of unbranched alkanes of at least 4 members (excludes halogenated alkanes) is 1. The van der Waals surface area contributed by atoms with Gasteiger partial charge in [-0.3, -0.25) is 52.7 Å². The minimum Gasteiger partial charge on any atom is -0.494 e. The van der Waals surface area contributed by atoms with E-state index >= 15 is 4.39 Å². The van der Waals surface area contributed by atoms with Crippen LogP contribution in [0.25, 0.3) is 11.1 Å². The number of likely N-dealkylation sites (tertiary alicyclic amines) is 1. The zero-order chi connectivity index (χ0) is 79.5. The number of hydrogen-bond acceptors (Lipinski definition) is 20. The number of carbonyl (C=O) groups excluding carboxylic acids is 10. The van der Waals surface area contributed by atoms with Gasteiger partial charge in [-0.1, -0.05) is 90.0 Å². The second kappa shape index (κ2) is 41.3. The number of imidazole rings is 1. The van der Waals surface area contributed by atoms with Crippen molar-refractivity contribution in [3.8, 4) is 16.9 Å². The van der Waals surface area contributed by atoms with Gasteiger partial charge >= 0.3 is 5.97 Å². The van der Waals surface area contributed by atoms with Gasteiger partial charge in [-0.15, -0.1) is 10.2 Å². The fourth-order valence-corrected chi connectivity index (χ4v) is 12.6. The highest BCUT2D eigenvalue weighted by Gasteiger charge is 2.43. The number of benzene rings is 4. The summed E-state index contributed by atoms with van der Waals surface area (Å²) in [6.07, 6.45) is 2.11. The standard InChI is InChI=1S/C75H101FN18O15/c1-8-49-34-54(109-29-12-11-26-77)22-23-55(49)50-20-18-47(19-21-50)33-58(70(104)83-57(66(78)100)17-13-14-48-31-42(2)30-43(3)32-48)86-71(105)60(36-63(98)99)84-67(101)44(4)82-72(106)64(45(5)95)88-74(108)75(7,37-51-15-9-10-16-56(51)76)89-73(107)65(46(6)96)87-62(97)39-80-69(103)59(35-61-90-92-93-91-61)85-68(102)52-24-27-94(40-52)28-25-53-38-79-41-81-53/h9-10,15-16,18-23,30-32,34,38,41,44-46,52,57-60,64-65,95-96H,8,11-14,17,24-29,33,35-37,39-40,77H2,1-7H3,(H2,78,100)(H,79,81)(H,80,103)(H,82,106)(H,83,104)(H,84,101)(H,85,102)(H,86,105)(H,87,97)(H,88,108)(H,89,107)(H,98,99)(H,90,91,92,93)/t44-,45+,46+,52-,57-,58-,59-,60-,64-,65-,75-/m0/s1. The molecule has 10 amide bonds. The van der Waals surface area contributed by atoms with Crippen molar-refractivity contribution < 1.29 is 77.2 Å². The molecule has 7 rings (SSSR count). The zero-order valence-electron chi connectivity index (χ0n) is 62.2. The van der Waals surface area contributed by atoms with Crippen LogP contribution in [0, 0.1) is 25.6 Å². The first-order valence-corrected chi connectivity index (χ1v) is 36.3. The summed E-state index contributed by atoms with van der Waals surface area (Å²) in [5.74, 6) is -12.3. The fourth-order valence-electron chi connectivity index (χ4n) is 12.6. The van der Waals surface area contributed by atoms with Crippen LogP contribution in [-0.4, -0.2) is 215 Å². The zero-order valence-corrected chi connectivity index (χ0v) is 62.2. The molecule has 1 aliphatic heterocycles. The number of aliphatic carboxylic acids is 1. The summed E-state index contributed by atoms with van der Waals surface area (Å²) in [6, 6.07) is 12.5. The van der Waals surface area contributed by atoms with Gasteiger partial charge in [-0.25, -0.2) is 9.37 Å². The fraction of sp³-hybridized carbons (Fsp3) is 0.480. The van der Waals surface area contributed by atoms with Crippen molar-refractivity contribution in [3.05, 3.63) is 148 Å². The van der Waals surface area contributed by atoms with Crippen molar-refractivity contribution >= 4 is 65.0 Å². The highest BCUT2D eigenvalue weighted by atomic mass is 19.1. The molecule has 109 heavy (non-hydrogen) atoms. The molecule has 0 aliphatic carbocycles. The average molecular weight is 1510 g/mol. The van der Waals surface area contributed by atoms with E-state index in [9.17, 15) is 68.1 Å². The molecule has 0 spiro atoms. The molecule has 18 N–H and O–H groups in total. The summed E-state index contributed by atoms with van der Waals surface area (Å²) < 4.78 is 21.5. The molecule has 4 aromatic carbocycles. The number of nitrogens with zero attached hydrogens (tertiary/aromatic N) is 5. The van der Waals surface area contributed by atoms with Crippen molar-refractivity contribution in [2.24, 2.45) is 17.4 Å². The number of nitrogens with one attached hydrogen (secondary N) is 11. The molecule has 1 fully saturated rings. The largest absolute Gasteiger partial charge is 0.494 e. The van der Waals surface area contributed by atoms with E-state index in [1.807, 2.05) is 69.3 Å². The van der Waals surface area contributed by atoms with Crippen molar-refractivity contribution in [3.63, 3.8) is 0 Å². The number of aromatic nitrogens is 6. The van der Waals surface area contributed by atoms with Gasteiger partial charge in [0.15, 0.2) is 5.82 Å². The van der Waals surface area contributed by atoms with Gasteiger partial charge in [0.05, 0.1) is 44.0 Å². The molecule has 0 saturated carbocycles. The lowest BCUT2D eigenvalue weighted by molar-refractivity contribution is -0.142. The van der Waals surface area contributed by atoms with E-state index in [-0.39, 0.29) is 30.7 Å². The topological polar surface area (TPSA) is 504 Å². The van der Waals surface area contributed by atoms with E-state index in [4.69, 9.17) is 16.2 Å². The number of carboxylic acids is 1. The maximum absolute atomic E-state index is 15.5. The van der Waals surface area contributed by atoms with Gasteiger partial charge in [0.25, 0.3) is 0 Å². The Morgan fingerprint density at radius 1 is 0.725 bits per heavy atom. The summed E-state index contributed by atoms with van der Waals surface area (Å²) in [6.45, 7) is 12.3. The second-order valence-corrected chi connectivity index (χ2v) is 27.7. The number of aromatic amines is 2. The SMILES string of the molecule is CCc1cc(OCCCCN)ccc1-c1ccc(C[C@H](NC(=O)[C@H](CC(=O)O)NC(=O)[C@H](C)NC(=O)[C@@H](NC(=O)[C@](C)(Cc2ccccc2F)NC(=O)[C@@H](NC(=O)CNC(=O)[C@H](Cc2nn[nH]n2)NC(=O)[C@H]2CCN(CCc3cnc[nH]3)C2)[C@@H](C)O)[C@@H](C)O)C(=O)N[C@@H](CCCc2cc(C)cc(C)c2)C(N)=O)cc1. The lowest BCUT2D eigenvalue weighted by atomic mass is 9.90. The summed E-state index contributed by atoms with van der Waals surface area (Å²) in [5.41, 5.74) is 16.3. The minimum atomic E-state index is -2.32. The highest BCUT2D eigenvalue weighted by Crippen LogP contribution is 2.29. The van der Waals surface area contributed by atoms with Crippen molar-refractivity contribution in [1.82, 2.24) is 83.3 Å². The molecule has 588 valence electrons. The lowest BCUT2D eigenvalue weighted by Gasteiger charge is -2.34. The molecule has 11 atom stereocenters. The molecular weight excluding hydrogens is 1410 g/mol. The number of ether oxygens (including phenoxy) is 1. The number of aryl methyl sites for hydroxylation is 4. The molecule has 33 nitrogen and oxygen atoms in total. The van der Waals surface area contributed by atoms with Crippen molar-refractivity contribution in [2.45, 2.75) is 186 Å². The Bertz CT molecular complexity index is 4070. The van der Waals surface area contributed by atoms with Crippen LogP contribution in [-0.2, 0) is 91.3 Å². The Balaban J connectivity index is 1.02. The average Bonchev–Trinajstić information content (AvgIpc) is 1.49. The number of carbonyl (C=O) groups is 11. The molecule has 0 unspecified atom stereocenters. The van der Waals surface area contributed by atoms with Crippen molar-refractivity contribution in [2.75, 3.05) is 39.3 Å². The number of aliphatic hydroxyl groups excluding tert-OH is 2. The summed E-state index contributed by atoms with van der Waals surface area (Å²) in [7, 11) is 0. The van der Waals surface area contributed by atoms with Gasteiger partial charge in [-0.05, 0) is 151 Å². The molecule has 1 saturated heterocycles. The first kappa shape index (κ1) is 85.2. The number of halogens is 1. The molecule has 0 radical (unpaired) electrons. The Morgan fingerprint density at radius 2 is 1.40 bits per heavy atom. The third-order valence-corrected chi connectivity index (χ3v) is 18.6. The molecule has 3 heterocycles. The number of aliphatic hydroxyl groups is 2. The predicted molar refractivity (Wildman–Crippen MR) is 396 cm³/mol. The van der Waals surface area contributed by atoms with Crippen LogP contribution in [0.3, 0.4) is 0 Å². The van der Waals surface area contributed by atoms with Gasteiger partial charge in [0.2, 0.25) is 59.1 Å². The van der Waals surface area contributed by atoms with E-state index in [1.54, 1.807) is 24.7 Å². The monoisotopic (exact) mass is 1510 g/mol. The number of primary amides is 1. The van der Waals surface area contributed by atoms with Crippen LogP contribution >= 0.6 is 0 Å². The molecule has 6 aromatic rings. The Kier molecular flexibility index (Phi) is 32.3. The molecule has 0 bridgehead atoms. The van der Waals surface area contributed by atoms with E-state index in [1.165, 1.54) is 18.2 Å². The van der Waals surface area contributed by atoms with E-state index in [2.05, 4.69) is 83.3 Å². The predicted octanol–water partition coefficient (Wildman–Crippen LogP) is -0.233. The highest BCUT2D eigenvalue weighted by molar-refractivity contribution is 6.00. The number of tetrazole rings is 1. The Morgan fingerprint density at radius 3 is 2.05 bits per heavy atom. The van der Waals surface area contributed by atoms with Crippen LogP contribution in [0.1, 0.15) is 118 Å². The third kappa shape index (κ3) is 26.4. The van der Waals surface area contributed by atoms with Gasteiger partial charge < -0.3 is 89.3 Å². The van der Waals surface area contributed by atoms with E-state index in [0.29, 0.717) is 76.2 Å². The Labute approximate surface area is 630 Å². The molecular formula is C75H101FN18O15. The van der Waals surface area contributed by atoms with Crippen LogP contribution in [0.2, 0.25) is 0 Å². The number of hydrogen-bond donors (Lipinski definition) is 16. The van der Waals surface area contributed by atoms with Crippen molar-refractivity contribution in [1.29, 1.82) is 0 Å². The van der Waals surface area contributed by atoms with Gasteiger partial charge in [0.1, 0.15) is 59.4 Å². The normalized spacial score (nSPS) is 15.8. The smallest absolute Gasteiger partial charge is 0.305 e. The quantitative estimate of drug-likeness (QED) is 0.0220. The number of H-pyrrole nitrogens is 2. The molecule has 1 aliphatic rings. The summed E-state index contributed by atoms with van der Waals surface area (Å²) in [4.78, 5) is 162. The van der Waals surface area contributed by atoms with Gasteiger partial charge in [-0.2, -0.15) is 5.21 Å². The maximum Gasteiger partial charge on any atom is 0.305 e. The van der Waals surface area contributed by atoms with Gasteiger partial charge in [0, 0.05) is 50.7 Å². The van der Waals surface area contributed by atoms with Crippen LogP contribution < -0.4 is 64.1 Å². The van der Waals surface area contributed by atoms with Crippen LogP contribution in [0.5, 0.6) is 5.75 Å². The maximum atomic E-state index is 15.5. The number of carboxylic acid groups (broad SMARTS) is 1. The van der Waals surface area contributed by atoms with E-state index in [0.717, 1.165) is 85.7 Å². The number of amides is 10. The first-order chi connectivity index (χ1) is 51.9. The number of nitrogens with two attached hydrogens (primary N) is 2. The van der Waals surface area contributed by atoms with Crippen LogP contribution in [0.4, 0.5) is 4.39 Å². The minimum absolute atomic E-state index is 0.0562.